The Bertz CT molecular complexity index is 1080. The third kappa shape index (κ3) is 7.35. The molecule has 3 rings (SSSR count). The summed E-state index contributed by atoms with van der Waals surface area (Å²) in [6.45, 7) is 5.48. The van der Waals surface area contributed by atoms with Crippen molar-refractivity contribution in [2.45, 2.75) is 39.0 Å². The molecular weight excluding hydrogens is 438 g/mol. The van der Waals surface area contributed by atoms with Crippen LogP contribution in [0.1, 0.15) is 26.3 Å². The standard InChI is InChI=1S/C25H29N3O6/c1-25(2,3)34-24(30)28-20(15-32-14-17-8-6-5-7-9-17)23(29)27-18-10-11-19(21(12-18)31-4)22-13-26-16-33-22/h5-13,16,20H,14-15H2,1-4H3,(H,27,29)(H,28,30). The molecule has 2 amide bonds. The van der Waals surface area contributed by atoms with Crippen LogP contribution in [0.25, 0.3) is 11.3 Å². The number of anilines is 1. The molecule has 3 aromatic rings. The highest BCUT2D eigenvalue weighted by atomic mass is 16.6. The van der Waals surface area contributed by atoms with Gasteiger partial charge in [-0.25, -0.2) is 9.78 Å². The van der Waals surface area contributed by atoms with Crippen molar-refractivity contribution < 1.29 is 28.2 Å². The lowest BCUT2D eigenvalue weighted by molar-refractivity contribution is -0.119. The van der Waals surface area contributed by atoms with Gasteiger partial charge in [0.15, 0.2) is 12.2 Å². The number of benzene rings is 2. The molecule has 0 bridgehead atoms. The van der Waals surface area contributed by atoms with Gasteiger partial charge in [-0.15, -0.1) is 0 Å². The molecule has 0 aliphatic rings. The predicted molar refractivity (Wildman–Crippen MR) is 126 cm³/mol. The van der Waals surface area contributed by atoms with Gasteiger partial charge in [0.1, 0.15) is 17.4 Å². The minimum absolute atomic E-state index is 0.0484. The van der Waals surface area contributed by atoms with Crippen LogP contribution in [-0.4, -0.2) is 42.3 Å². The molecule has 1 heterocycles. The summed E-state index contributed by atoms with van der Waals surface area (Å²) in [5.41, 5.74) is 1.41. The molecule has 34 heavy (non-hydrogen) atoms. The average molecular weight is 468 g/mol. The van der Waals surface area contributed by atoms with Crippen LogP contribution in [0.2, 0.25) is 0 Å². The Morgan fingerprint density at radius 3 is 2.53 bits per heavy atom. The average Bonchev–Trinajstić information content (AvgIpc) is 3.32. The second-order valence-electron chi connectivity index (χ2n) is 8.47. The maximum Gasteiger partial charge on any atom is 0.408 e. The number of methoxy groups -OCH3 is 1. The van der Waals surface area contributed by atoms with E-state index in [9.17, 15) is 9.59 Å². The summed E-state index contributed by atoms with van der Waals surface area (Å²) in [4.78, 5) is 29.3. The number of amides is 2. The van der Waals surface area contributed by atoms with Crippen molar-refractivity contribution in [3.63, 3.8) is 0 Å². The Morgan fingerprint density at radius 1 is 1.12 bits per heavy atom. The second-order valence-corrected chi connectivity index (χ2v) is 8.47. The van der Waals surface area contributed by atoms with Gasteiger partial charge in [0, 0.05) is 11.8 Å². The van der Waals surface area contributed by atoms with E-state index in [-0.39, 0.29) is 6.61 Å². The van der Waals surface area contributed by atoms with E-state index in [1.807, 2.05) is 30.3 Å². The van der Waals surface area contributed by atoms with Gasteiger partial charge in [0.05, 0.1) is 32.1 Å². The van der Waals surface area contributed by atoms with Crippen LogP contribution in [-0.2, 0) is 20.9 Å². The fourth-order valence-electron chi connectivity index (χ4n) is 3.05. The normalized spacial score (nSPS) is 12.0. The number of nitrogens with one attached hydrogen (secondary N) is 2. The van der Waals surface area contributed by atoms with Crippen LogP contribution < -0.4 is 15.4 Å². The van der Waals surface area contributed by atoms with Gasteiger partial charge in [-0.1, -0.05) is 30.3 Å². The molecule has 0 fully saturated rings. The van der Waals surface area contributed by atoms with Gasteiger partial charge >= 0.3 is 6.09 Å². The smallest absolute Gasteiger partial charge is 0.408 e. The van der Waals surface area contributed by atoms with E-state index >= 15 is 0 Å². The summed E-state index contributed by atoms with van der Waals surface area (Å²) in [6, 6.07) is 13.7. The molecule has 0 radical (unpaired) electrons. The first-order chi connectivity index (χ1) is 16.2. The summed E-state index contributed by atoms with van der Waals surface area (Å²) < 4.78 is 21.8. The van der Waals surface area contributed by atoms with Crippen LogP contribution in [0, 0.1) is 0 Å². The quantitative estimate of drug-likeness (QED) is 0.480. The molecule has 1 atom stereocenters. The number of hydrogen-bond acceptors (Lipinski definition) is 7. The summed E-state index contributed by atoms with van der Waals surface area (Å²) in [5, 5.41) is 5.38. The summed E-state index contributed by atoms with van der Waals surface area (Å²) >= 11 is 0. The van der Waals surface area contributed by atoms with E-state index in [0.717, 1.165) is 5.56 Å². The molecular formula is C25H29N3O6. The molecule has 0 saturated heterocycles. The van der Waals surface area contributed by atoms with Gasteiger partial charge in [-0.3, -0.25) is 4.79 Å². The predicted octanol–water partition coefficient (Wildman–Crippen LogP) is 4.40. The number of alkyl carbamates (subject to hydrolysis) is 1. The highest BCUT2D eigenvalue weighted by molar-refractivity contribution is 5.97. The van der Waals surface area contributed by atoms with Crippen LogP contribution in [0.5, 0.6) is 5.75 Å². The molecule has 1 unspecified atom stereocenters. The van der Waals surface area contributed by atoms with Crippen molar-refractivity contribution in [3.05, 3.63) is 66.7 Å². The lowest BCUT2D eigenvalue weighted by Crippen LogP contribution is -2.48. The van der Waals surface area contributed by atoms with E-state index in [2.05, 4.69) is 15.6 Å². The van der Waals surface area contributed by atoms with Crippen molar-refractivity contribution in [3.8, 4) is 17.1 Å². The van der Waals surface area contributed by atoms with Crippen molar-refractivity contribution in [1.82, 2.24) is 10.3 Å². The zero-order chi connectivity index (χ0) is 24.6. The third-order valence-electron chi connectivity index (χ3n) is 4.57. The highest BCUT2D eigenvalue weighted by Gasteiger charge is 2.25. The van der Waals surface area contributed by atoms with E-state index in [0.29, 0.717) is 29.4 Å². The van der Waals surface area contributed by atoms with Gasteiger partial charge in [-0.05, 0) is 38.5 Å². The van der Waals surface area contributed by atoms with Gasteiger partial charge in [-0.2, -0.15) is 0 Å². The fourth-order valence-corrected chi connectivity index (χ4v) is 3.05. The first-order valence-electron chi connectivity index (χ1n) is 10.7. The van der Waals surface area contributed by atoms with Crippen LogP contribution in [0.3, 0.4) is 0 Å². The van der Waals surface area contributed by atoms with E-state index in [4.69, 9.17) is 18.6 Å². The maximum atomic E-state index is 13.0. The molecule has 180 valence electrons. The molecule has 9 nitrogen and oxygen atoms in total. The Labute approximate surface area is 198 Å². The summed E-state index contributed by atoms with van der Waals surface area (Å²) in [7, 11) is 1.52. The van der Waals surface area contributed by atoms with Crippen molar-refractivity contribution in [1.29, 1.82) is 0 Å². The Kier molecular flexibility index (Phi) is 8.26. The highest BCUT2D eigenvalue weighted by Crippen LogP contribution is 2.32. The number of carbonyl (C=O) groups is 2. The maximum absolute atomic E-state index is 13.0. The first kappa shape index (κ1) is 24.8. The minimum Gasteiger partial charge on any atom is -0.496 e. The number of rotatable bonds is 9. The van der Waals surface area contributed by atoms with E-state index in [1.54, 1.807) is 45.2 Å². The zero-order valence-corrected chi connectivity index (χ0v) is 19.7. The van der Waals surface area contributed by atoms with Gasteiger partial charge in [0.25, 0.3) is 0 Å². The van der Waals surface area contributed by atoms with Crippen LogP contribution >= 0.6 is 0 Å². The Morgan fingerprint density at radius 2 is 1.88 bits per heavy atom. The Hall–Kier alpha value is -3.85. The molecule has 0 saturated carbocycles. The van der Waals surface area contributed by atoms with Crippen molar-refractivity contribution >= 4 is 17.7 Å². The second kappa shape index (κ2) is 11.3. The number of carbonyl (C=O) groups excluding carboxylic acids is 2. The molecule has 0 aliphatic carbocycles. The Balaban J connectivity index is 1.70. The minimum atomic E-state index is -0.987. The molecule has 1 aromatic heterocycles. The number of nitrogens with zero attached hydrogens (tertiary/aromatic N) is 1. The van der Waals surface area contributed by atoms with Gasteiger partial charge in [0.2, 0.25) is 5.91 Å². The summed E-state index contributed by atoms with van der Waals surface area (Å²) in [6.07, 6.45) is 2.18. The van der Waals surface area contributed by atoms with E-state index in [1.165, 1.54) is 13.5 Å². The number of hydrogen-bond donors (Lipinski definition) is 2. The number of ether oxygens (including phenoxy) is 3. The van der Waals surface area contributed by atoms with Crippen LogP contribution in [0.15, 0.2) is 65.5 Å². The number of aromatic nitrogens is 1. The fraction of sp³-hybridized carbons (Fsp3) is 0.320. The van der Waals surface area contributed by atoms with Crippen molar-refractivity contribution in [2.24, 2.45) is 0 Å². The largest absolute Gasteiger partial charge is 0.496 e. The zero-order valence-electron chi connectivity index (χ0n) is 19.7. The molecule has 0 spiro atoms. The lowest BCUT2D eigenvalue weighted by atomic mass is 10.1. The summed E-state index contributed by atoms with van der Waals surface area (Å²) in [5.74, 6) is 0.563. The van der Waals surface area contributed by atoms with Crippen molar-refractivity contribution in [2.75, 3.05) is 19.0 Å². The first-order valence-corrected chi connectivity index (χ1v) is 10.7. The lowest BCUT2D eigenvalue weighted by Gasteiger charge is -2.23. The molecule has 9 heteroatoms. The topological polar surface area (TPSA) is 112 Å². The SMILES string of the molecule is COc1cc(NC(=O)C(COCc2ccccc2)NC(=O)OC(C)(C)C)ccc1-c1cnco1. The third-order valence-corrected chi connectivity index (χ3v) is 4.57. The van der Waals surface area contributed by atoms with Gasteiger partial charge < -0.3 is 29.3 Å². The molecule has 2 aromatic carbocycles. The van der Waals surface area contributed by atoms with Crippen LogP contribution in [0.4, 0.5) is 10.5 Å². The number of oxazole rings is 1. The molecule has 0 aliphatic heterocycles. The monoisotopic (exact) mass is 467 g/mol. The van der Waals surface area contributed by atoms with E-state index < -0.39 is 23.6 Å². The molecule has 2 N–H and O–H groups in total.